The Morgan fingerprint density at radius 3 is 2.17 bits per heavy atom. The summed E-state index contributed by atoms with van der Waals surface area (Å²) in [5.74, 6) is 1.02. The molecule has 0 saturated heterocycles. The number of ether oxygens (including phenoxy) is 2. The summed E-state index contributed by atoms with van der Waals surface area (Å²) in [4.78, 5) is -0.0314. The zero-order valence-corrected chi connectivity index (χ0v) is 15.6. The minimum absolute atomic E-state index is 0.0314. The van der Waals surface area contributed by atoms with Gasteiger partial charge in [0.15, 0.2) is 11.5 Å². The molecular weight excluding hydrogens is 384 g/mol. The van der Waals surface area contributed by atoms with Crippen molar-refractivity contribution in [2.75, 3.05) is 14.2 Å². The highest BCUT2D eigenvalue weighted by atomic mass is 79.9. The van der Waals surface area contributed by atoms with Gasteiger partial charge in [-0.1, -0.05) is 12.1 Å². The van der Waals surface area contributed by atoms with Crippen LogP contribution in [0.1, 0.15) is 11.1 Å². The third-order valence-corrected chi connectivity index (χ3v) is 5.66. The summed E-state index contributed by atoms with van der Waals surface area (Å²) in [6, 6.07) is 8.15. The highest BCUT2D eigenvalue weighted by molar-refractivity contribution is 9.10. The number of halogens is 1. The van der Waals surface area contributed by atoms with Gasteiger partial charge < -0.3 is 13.7 Å². The van der Waals surface area contributed by atoms with Gasteiger partial charge in [-0.15, -0.1) is 0 Å². The van der Waals surface area contributed by atoms with Crippen molar-refractivity contribution in [3.05, 3.63) is 45.9 Å². The molecule has 0 aliphatic carbocycles. The Balaban J connectivity index is 2.50. The largest absolute Gasteiger partial charge is 0.493 e. The standard InChI is InChI=1S/C16H17BrO5S/c1-10-6-5-7-13(11(10)2)22-23(18,19)16-9-15(21-4)14(20-3)8-12(16)17/h5-9H,1-4H3. The van der Waals surface area contributed by atoms with Crippen molar-refractivity contribution in [1.29, 1.82) is 0 Å². The van der Waals surface area contributed by atoms with E-state index in [1.807, 2.05) is 19.9 Å². The van der Waals surface area contributed by atoms with Gasteiger partial charge in [0.1, 0.15) is 10.6 Å². The second kappa shape index (κ2) is 6.80. The lowest BCUT2D eigenvalue weighted by Crippen LogP contribution is -2.12. The number of aryl methyl sites for hydroxylation is 1. The Labute approximate surface area is 144 Å². The molecule has 0 amide bonds. The van der Waals surface area contributed by atoms with Crippen LogP contribution in [0.4, 0.5) is 0 Å². The molecule has 0 saturated carbocycles. The van der Waals surface area contributed by atoms with E-state index >= 15 is 0 Å². The quantitative estimate of drug-likeness (QED) is 0.713. The molecule has 0 N–H and O–H groups in total. The van der Waals surface area contributed by atoms with Crippen LogP contribution < -0.4 is 13.7 Å². The summed E-state index contributed by atoms with van der Waals surface area (Å²) in [5.41, 5.74) is 1.72. The van der Waals surface area contributed by atoms with Crippen LogP contribution >= 0.6 is 15.9 Å². The summed E-state index contributed by atoms with van der Waals surface area (Å²) in [6.07, 6.45) is 0. The van der Waals surface area contributed by atoms with Gasteiger partial charge in [0.2, 0.25) is 0 Å². The van der Waals surface area contributed by atoms with Crippen molar-refractivity contribution in [1.82, 2.24) is 0 Å². The first-order chi connectivity index (χ1) is 10.8. The smallest absolute Gasteiger partial charge is 0.340 e. The molecule has 0 unspecified atom stereocenters. The first kappa shape index (κ1) is 17.6. The van der Waals surface area contributed by atoms with Gasteiger partial charge in [-0.2, -0.15) is 8.42 Å². The Kier molecular flexibility index (Phi) is 5.21. The molecule has 0 atom stereocenters. The van der Waals surface area contributed by atoms with Gasteiger partial charge in [0.05, 0.1) is 14.2 Å². The van der Waals surface area contributed by atoms with Gasteiger partial charge >= 0.3 is 10.1 Å². The SMILES string of the molecule is COc1cc(Br)c(S(=O)(=O)Oc2cccc(C)c2C)cc1OC. The fraction of sp³-hybridized carbons (Fsp3) is 0.250. The van der Waals surface area contributed by atoms with Crippen molar-refractivity contribution in [3.8, 4) is 17.2 Å². The minimum atomic E-state index is -4.02. The van der Waals surface area contributed by atoms with Crippen LogP contribution in [0.2, 0.25) is 0 Å². The second-order valence-electron chi connectivity index (χ2n) is 4.87. The lowest BCUT2D eigenvalue weighted by molar-refractivity contribution is 0.353. The van der Waals surface area contributed by atoms with Crippen LogP contribution in [0.25, 0.3) is 0 Å². The highest BCUT2D eigenvalue weighted by Crippen LogP contribution is 2.37. The monoisotopic (exact) mass is 400 g/mol. The molecule has 0 aromatic heterocycles. The van der Waals surface area contributed by atoms with Crippen LogP contribution in [-0.2, 0) is 10.1 Å². The maximum Gasteiger partial charge on any atom is 0.340 e. The topological polar surface area (TPSA) is 61.8 Å². The van der Waals surface area contributed by atoms with E-state index in [2.05, 4.69) is 15.9 Å². The fourth-order valence-corrected chi connectivity index (χ4v) is 3.98. The van der Waals surface area contributed by atoms with Gasteiger partial charge in [-0.05, 0) is 53.0 Å². The number of rotatable bonds is 5. The zero-order chi connectivity index (χ0) is 17.2. The molecule has 2 rings (SSSR count). The molecule has 7 heteroatoms. The van der Waals surface area contributed by atoms with E-state index in [1.165, 1.54) is 26.4 Å². The molecule has 124 valence electrons. The van der Waals surface area contributed by atoms with Crippen LogP contribution in [0.15, 0.2) is 39.7 Å². The van der Waals surface area contributed by atoms with Crippen molar-refractivity contribution in [2.24, 2.45) is 0 Å². The van der Waals surface area contributed by atoms with Crippen LogP contribution in [0, 0.1) is 13.8 Å². The van der Waals surface area contributed by atoms with E-state index < -0.39 is 10.1 Å². The zero-order valence-electron chi connectivity index (χ0n) is 13.2. The number of benzene rings is 2. The summed E-state index contributed by atoms with van der Waals surface area (Å²) >= 11 is 3.24. The lowest BCUT2D eigenvalue weighted by Gasteiger charge is -2.14. The normalized spacial score (nSPS) is 11.2. The molecule has 2 aromatic carbocycles. The lowest BCUT2D eigenvalue weighted by atomic mass is 10.1. The third-order valence-electron chi connectivity index (χ3n) is 3.46. The summed E-state index contributed by atoms with van der Waals surface area (Å²) in [7, 11) is -1.11. The second-order valence-corrected chi connectivity index (χ2v) is 7.24. The Bertz CT molecular complexity index is 831. The van der Waals surface area contributed by atoms with Gasteiger partial charge in [-0.3, -0.25) is 0 Å². The Hall–Kier alpha value is -1.73. The van der Waals surface area contributed by atoms with Crippen molar-refractivity contribution in [2.45, 2.75) is 18.7 Å². The first-order valence-corrected chi connectivity index (χ1v) is 8.92. The van der Waals surface area contributed by atoms with Gasteiger partial charge in [0, 0.05) is 10.5 Å². The molecule has 5 nitrogen and oxygen atoms in total. The molecule has 0 heterocycles. The van der Waals surface area contributed by atoms with Gasteiger partial charge in [-0.25, -0.2) is 0 Å². The maximum absolute atomic E-state index is 12.6. The van der Waals surface area contributed by atoms with Crippen molar-refractivity contribution >= 4 is 26.0 Å². The fourth-order valence-electron chi connectivity index (χ4n) is 2.00. The molecule has 0 fully saturated rings. The highest BCUT2D eigenvalue weighted by Gasteiger charge is 2.24. The molecule has 0 aliphatic heterocycles. The summed E-state index contributed by atoms with van der Waals surface area (Å²) < 4.78 is 41.1. The molecular formula is C16H17BrO5S. The molecule has 0 aliphatic rings. The average molecular weight is 401 g/mol. The Morgan fingerprint density at radius 2 is 1.57 bits per heavy atom. The molecule has 0 bridgehead atoms. The third kappa shape index (κ3) is 3.61. The van der Waals surface area contributed by atoms with Crippen LogP contribution in [-0.4, -0.2) is 22.6 Å². The molecule has 2 aromatic rings. The van der Waals surface area contributed by atoms with E-state index in [4.69, 9.17) is 13.7 Å². The number of hydrogen-bond acceptors (Lipinski definition) is 5. The number of methoxy groups -OCH3 is 2. The summed E-state index contributed by atoms with van der Waals surface area (Å²) in [5, 5.41) is 0. The molecule has 0 spiro atoms. The minimum Gasteiger partial charge on any atom is -0.493 e. The first-order valence-electron chi connectivity index (χ1n) is 6.72. The van der Waals surface area contributed by atoms with E-state index in [-0.39, 0.29) is 4.90 Å². The van der Waals surface area contributed by atoms with Gasteiger partial charge in [0.25, 0.3) is 0 Å². The average Bonchev–Trinajstić information content (AvgIpc) is 2.51. The predicted molar refractivity (Wildman–Crippen MR) is 91.0 cm³/mol. The van der Waals surface area contributed by atoms with Crippen molar-refractivity contribution < 1.29 is 22.1 Å². The van der Waals surface area contributed by atoms with E-state index in [9.17, 15) is 8.42 Å². The van der Waals surface area contributed by atoms with E-state index in [0.717, 1.165) is 11.1 Å². The summed E-state index contributed by atoms with van der Waals surface area (Å²) in [6.45, 7) is 3.70. The van der Waals surface area contributed by atoms with E-state index in [0.29, 0.717) is 21.7 Å². The maximum atomic E-state index is 12.6. The Morgan fingerprint density at radius 1 is 0.957 bits per heavy atom. The van der Waals surface area contributed by atoms with Crippen LogP contribution in [0.5, 0.6) is 17.2 Å². The predicted octanol–water partition coefficient (Wildman–Crippen LogP) is 3.85. The van der Waals surface area contributed by atoms with E-state index in [1.54, 1.807) is 12.1 Å². The van der Waals surface area contributed by atoms with Crippen molar-refractivity contribution in [3.63, 3.8) is 0 Å². The molecule has 0 radical (unpaired) electrons. The van der Waals surface area contributed by atoms with Crippen LogP contribution in [0.3, 0.4) is 0 Å². The molecule has 23 heavy (non-hydrogen) atoms. The number of hydrogen-bond donors (Lipinski definition) is 0.